The quantitative estimate of drug-likeness (QED) is 0.144. The Hall–Kier alpha value is -4.48. The van der Waals surface area contributed by atoms with Crippen molar-refractivity contribution in [2.75, 3.05) is 66.1 Å². The molecule has 0 aliphatic rings. The number of benzene rings is 1. The summed E-state index contributed by atoms with van der Waals surface area (Å²) in [4.78, 5) is 70.3. The fourth-order valence-electron chi connectivity index (χ4n) is 3.61. The van der Waals surface area contributed by atoms with E-state index in [0.717, 1.165) is 20.8 Å². The highest BCUT2D eigenvalue weighted by Crippen LogP contribution is 2.24. The second kappa shape index (κ2) is 16.5. The van der Waals surface area contributed by atoms with Crippen LogP contribution in [0.4, 0.5) is 0 Å². The maximum atomic E-state index is 11.7. The van der Waals surface area contributed by atoms with Crippen LogP contribution in [0.15, 0.2) is 18.2 Å². The van der Waals surface area contributed by atoms with Crippen LogP contribution in [0.25, 0.3) is 0 Å². The van der Waals surface area contributed by atoms with E-state index in [-0.39, 0.29) is 30.2 Å². The highest BCUT2D eigenvalue weighted by molar-refractivity contribution is 5.91. The van der Waals surface area contributed by atoms with Crippen molar-refractivity contribution in [2.45, 2.75) is 6.04 Å². The number of aromatic carboxylic acids is 1. The molecule has 0 aliphatic heterocycles. The normalized spacial score (nSPS) is 11.8. The predicted octanol–water partition coefficient (Wildman–Crippen LogP) is -8.20. The van der Waals surface area contributed by atoms with Gasteiger partial charge in [-0.1, -0.05) is 0 Å². The Balaban J connectivity index is 3.31. The van der Waals surface area contributed by atoms with Gasteiger partial charge in [-0.05, 0) is 18.2 Å². The van der Waals surface area contributed by atoms with Crippen LogP contribution in [0.5, 0.6) is 11.5 Å². The third-order valence-electron chi connectivity index (χ3n) is 5.29. The second-order valence-electron chi connectivity index (χ2n) is 8.34. The topological polar surface area (TPSA) is 266 Å². The summed E-state index contributed by atoms with van der Waals surface area (Å²) in [6.45, 7) is -6.13. The lowest BCUT2D eigenvalue weighted by Crippen LogP contribution is -2.56. The van der Waals surface area contributed by atoms with E-state index in [2.05, 4.69) is 0 Å². The number of rotatable bonds is 21. The number of ether oxygens (including phenoxy) is 2. The van der Waals surface area contributed by atoms with Crippen LogP contribution in [-0.4, -0.2) is 128 Å². The second-order valence-corrected chi connectivity index (χ2v) is 8.34. The summed E-state index contributed by atoms with van der Waals surface area (Å²) in [5.74, 6) is -9.73. The van der Waals surface area contributed by atoms with Gasteiger partial charge in [-0.15, -0.1) is 0 Å². The van der Waals surface area contributed by atoms with Gasteiger partial charge in [0.2, 0.25) is 0 Å². The molecule has 1 aromatic rings. The smallest absolute Gasteiger partial charge is 0.339 e. The lowest BCUT2D eigenvalue weighted by molar-refractivity contribution is -0.313. The number of aliphatic carboxylic acids is 5. The Morgan fingerprint density at radius 3 is 1.70 bits per heavy atom. The molecule has 0 bridgehead atoms. The van der Waals surface area contributed by atoms with E-state index in [9.17, 15) is 59.4 Å². The fraction of sp³-hybridized carbons (Fsp3) is 0.478. The van der Waals surface area contributed by atoms with Gasteiger partial charge in [0.25, 0.3) is 0 Å². The lowest BCUT2D eigenvalue weighted by Gasteiger charge is -2.37. The number of carboxylic acid groups (broad SMARTS) is 6. The molecule has 1 rings (SSSR count). The van der Waals surface area contributed by atoms with Crippen LogP contribution < -0.4 is 35.0 Å². The number of hydrogen-bond donors (Lipinski definition) is 1. The molecule has 0 heterocycles. The SMILES string of the molecule is COc1ccc(OCC(CN(CCN(CC(=O)[O-])CC(=O)[O-])CC(=O)[O-])N(CC(=O)[O-])CC(=O)[O-])c(C(=O)O)c1. The summed E-state index contributed by atoms with van der Waals surface area (Å²) in [6, 6.07) is 2.48. The standard InChI is InChI=1S/C23H31N3O14/c1-39-15-2-3-17(16(6-15)23(37)38)40-13-14(26(11-21(33)34)12-22(35)36)7-24(8-18(27)28)4-5-25(9-19(29)30)10-20(31)32/h2-3,6,14H,4-5,7-13H2,1H3,(H,27,28)(H,29,30)(H,31,32)(H,33,34)(H,35,36)(H,37,38)/p-5. The van der Waals surface area contributed by atoms with Crippen LogP contribution in [0.3, 0.4) is 0 Å². The highest BCUT2D eigenvalue weighted by atomic mass is 16.5. The van der Waals surface area contributed by atoms with Gasteiger partial charge in [-0.2, -0.15) is 0 Å². The summed E-state index contributed by atoms with van der Waals surface area (Å²) in [7, 11) is 1.29. The van der Waals surface area contributed by atoms with Crippen molar-refractivity contribution in [1.29, 1.82) is 0 Å². The zero-order valence-electron chi connectivity index (χ0n) is 21.3. The Labute approximate surface area is 227 Å². The van der Waals surface area contributed by atoms with E-state index in [0.29, 0.717) is 0 Å². The maximum absolute atomic E-state index is 11.7. The van der Waals surface area contributed by atoms with Crippen molar-refractivity contribution in [2.24, 2.45) is 0 Å². The minimum absolute atomic E-state index is 0.176. The van der Waals surface area contributed by atoms with Crippen LogP contribution in [0, 0.1) is 0 Å². The van der Waals surface area contributed by atoms with Crippen molar-refractivity contribution in [1.82, 2.24) is 14.7 Å². The van der Waals surface area contributed by atoms with Crippen LogP contribution >= 0.6 is 0 Å². The van der Waals surface area contributed by atoms with E-state index < -0.39 is 87.7 Å². The van der Waals surface area contributed by atoms with Crippen molar-refractivity contribution in [3.05, 3.63) is 23.8 Å². The molecule has 17 nitrogen and oxygen atoms in total. The first-order chi connectivity index (χ1) is 18.7. The van der Waals surface area contributed by atoms with E-state index in [1.165, 1.54) is 19.2 Å². The monoisotopic (exact) mass is 568 g/mol. The van der Waals surface area contributed by atoms with Crippen molar-refractivity contribution in [3.63, 3.8) is 0 Å². The molecular weight excluding hydrogens is 542 g/mol. The molecular formula is C23H26N3O14-5. The zero-order valence-corrected chi connectivity index (χ0v) is 21.3. The van der Waals surface area contributed by atoms with Gasteiger partial charge in [-0.3, -0.25) is 14.7 Å². The van der Waals surface area contributed by atoms with Crippen LogP contribution in [-0.2, 0) is 24.0 Å². The average molecular weight is 568 g/mol. The van der Waals surface area contributed by atoms with E-state index >= 15 is 0 Å². The summed E-state index contributed by atoms with van der Waals surface area (Å²) in [6.07, 6.45) is 0. The maximum Gasteiger partial charge on any atom is 0.339 e. The van der Waals surface area contributed by atoms with Gasteiger partial charge in [0.1, 0.15) is 23.7 Å². The summed E-state index contributed by atoms with van der Waals surface area (Å²) < 4.78 is 10.5. The molecule has 1 N–H and O–H groups in total. The van der Waals surface area contributed by atoms with Crippen molar-refractivity contribution >= 4 is 35.8 Å². The number of hydrogen-bond acceptors (Lipinski definition) is 16. The Bertz CT molecular complexity index is 1050. The highest BCUT2D eigenvalue weighted by Gasteiger charge is 2.25. The summed E-state index contributed by atoms with van der Waals surface area (Å²) >= 11 is 0. The molecule has 0 saturated heterocycles. The molecule has 0 amide bonds. The van der Waals surface area contributed by atoms with Crippen molar-refractivity contribution < 1.29 is 68.9 Å². The molecule has 0 radical (unpaired) electrons. The Kier molecular flexibility index (Phi) is 13.8. The molecule has 0 aromatic heterocycles. The molecule has 1 unspecified atom stereocenters. The first-order valence-corrected chi connectivity index (χ1v) is 11.4. The molecule has 40 heavy (non-hydrogen) atoms. The van der Waals surface area contributed by atoms with Gasteiger partial charge < -0.3 is 64.1 Å². The summed E-state index contributed by atoms with van der Waals surface area (Å²) in [5, 5.41) is 65.4. The third-order valence-corrected chi connectivity index (χ3v) is 5.29. The van der Waals surface area contributed by atoms with Crippen LogP contribution in [0.2, 0.25) is 0 Å². The van der Waals surface area contributed by atoms with Crippen LogP contribution in [0.1, 0.15) is 10.4 Å². The van der Waals surface area contributed by atoms with Gasteiger partial charge in [0.15, 0.2) is 0 Å². The minimum Gasteiger partial charge on any atom is -0.549 e. The number of carbonyl (C=O) groups excluding carboxylic acids is 5. The van der Waals surface area contributed by atoms with Gasteiger partial charge in [-0.25, -0.2) is 4.79 Å². The van der Waals surface area contributed by atoms with Gasteiger partial charge >= 0.3 is 5.97 Å². The first-order valence-electron chi connectivity index (χ1n) is 11.4. The molecule has 0 saturated carbocycles. The Morgan fingerprint density at radius 2 is 1.25 bits per heavy atom. The molecule has 222 valence electrons. The van der Waals surface area contributed by atoms with E-state index in [1.54, 1.807) is 0 Å². The number of carbonyl (C=O) groups is 6. The lowest BCUT2D eigenvalue weighted by atomic mass is 10.2. The van der Waals surface area contributed by atoms with Gasteiger partial charge in [0, 0.05) is 52.4 Å². The summed E-state index contributed by atoms with van der Waals surface area (Å²) in [5.41, 5.74) is -0.351. The molecule has 0 aliphatic carbocycles. The molecule has 0 spiro atoms. The molecule has 1 aromatic carbocycles. The molecule has 1 atom stereocenters. The molecule has 0 fully saturated rings. The fourth-order valence-corrected chi connectivity index (χ4v) is 3.61. The largest absolute Gasteiger partial charge is 0.549 e. The number of methoxy groups -OCH3 is 1. The van der Waals surface area contributed by atoms with E-state index in [4.69, 9.17) is 9.47 Å². The number of carboxylic acids is 6. The van der Waals surface area contributed by atoms with Crippen molar-refractivity contribution in [3.8, 4) is 11.5 Å². The minimum atomic E-state index is -1.71. The predicted molar refractivity (Wildman–Crippen MR) is 119 cm³/mol. The first kappa shape index (κ1) is 33.5. The number of nitrogens with zero attached hydrogens (tertiary/aromatic N) is 3. The van der Waals surface area contributed by atoms with Gasteiger partial charge in [0.05, 0.1) is 43.0 Å². The Morgan fingerprint density at radius 1 is 0.775 bits per heavy atom. The van der Waals surface area contributed by atoms with E-state index in [1.807, 2.05) is 0 Å². The average Bonchev–Trinajstić information content (AvgIpc) is 2.82. The molecule has 17 heteroatoms. The zero-order chi connectivity index (χ0) is 30.4. The third kappa shape index (κ3) is 12.9.